The molecule has 3 rings (SSSR count). The van der Waals surface area contributed by atoms with Gasteiger partial charge in [-0.15, -0.1) is 0 Å². The second-order valence-corrected chi connectivity index (χ2v) is 7.00. The molecule has 2 aromatic carbocycles. The number of rotatable bonds is 5. The third-order valence-electron chi connectivity index (χ3n) is 4.44. The van der Waals surface area contributed by atoms with Crippen molar-refractivity contribution in [3.63, 3.8) is 0 Å². The first-order valence-electron chi connectivity index (χ1n) is 8.83. The molecule has 1 heterocycles. The Morgan fingerprint density at radius 1 is 1.15 bits per heavy atom. The van der Waals surface area contributed by atoms with Crippen molar-refractivity contribution < 1.29 is 22.6 Å². The topological polar surface area (TPSA) is 30.5 Å². The van der Waals surface area contributed by atoms with Gasteiger partial charge in [0.2, 0.25) is 0 Å². The number of piperidine rings is 1. The van der Waals surface area contributed by atoms with E-state index in [2.05, 4.69) is 5.32 Å². The minimum Gasteiger partial charge on any atom is -0.485 e. The quantitative estimate of drug-likeness (QED) is 0.706. The highest BCUT2D eigenvalue weighted by atomic mass is 35.5. The zero-order valence-corrected chi connectivity index (χ0v) is 15.6. The molecule has 1 fully saturated rings. The van der Waals surface area contributed by atoms with Crippen LogP contribution in [0.4, 0.5) is 13.2 Å². The molecule has 0 aromatic heterocycles. The van der Waals surface area contributed by atoms with E-state index in [1.165, 1.54) is 6.07 Å². The maximum atomic E-state index is 12.9. The summed E-state index contributed by atoms with van der Waals surface area (Å²) in [5.41, 5.74) is -0.263. The van der Waals surface area contributed by atoms with Crippen molar-refractivity contribution in [1.29, 1.82) is 0 Å². The average molecular weight is 400 g/mol. The molecule has 0 spiro atoms. The van der Waals surface area contributed by atoms with Gasteiger partial charge in [-0.2, -0.15) is 13.2 Å². The van der Waals surface area contributed by atoms with Crippen molar-refractivity contribution in [2.24, 2.45) is 0 Å². The molecular formula is C20H21ClF3NO2. The van der Waals surface area contributed by atoms with Crippen molar-refractivity contribution in [2.45, 2.75) is 38.1 Å². The monoisotopic (exact) mass is 399 g/mol. The van der Waals surface area contributed by atoms with Crippen LogP contribution in [0.5, 0.6) is 11.5 Å². The number of nitrogens with one attached hydrogen (secondary N) is 1. The van der Waals surface area contributed by atoms with Gasteiger partial charge in [-0.25, -0.2) is 0 Å². The van der Waals surface area contributed by atoms with Gasteiger partial charge in [0.25, 0.3) is 0 Å². The molecule has 0 bridgehead atoms. The molecule has 0 aliphatic carbocycles. The molecule has 7 heteroatoms. The summed E-state index contributed by atoms with van der Waals surface area (Å²) in [6.07, 6.45) is -3.04. The zero-order chi connectivity index (χ0) is 19.4. The van der Waals surface area contributed by atoms with Crippen LogP contribution in [0.2, 0.25) is 5.02 Å². The fraction of sp³-hybridized carbons (Fsp3) is 0.400. The molecule has 0 saturated carbocycles. The molecule has 1 saturated heterocycles. The Morgan fingerprint density at radius 2 is 1.96 bits per heavy atom. The van der Waals surface area contributed by atoms with Gasteiger partial charge in [0.1, 0.15) is 12.2 Å². The fourth-order valence-electron chi connectivity index (χ4n) is 3.00. The summed E-state index contributed by atoms with van der Waals surface area (Å²) in [5, 5.41) is 3.78. The Balaban J connectivity index is 1.78. The van der Waals surface area contributed by atoms with Crippen LogP contribution in [0.1, 0.15) is 37.0 Å². The lowest BCUT2D eigenvalue weighted by molar-refractivity contribution is -0.137. The van der Waals surface area contributed by atoms with Crippen LogP contribution < -0.4 is 14.8 Å². The molecule has 3 nitrogen and oxygen atoms in total. The number of alkyl halides is 3. The highest BCUT2D eigenvalue weighted by Crippen LogP contribution is 2.36. The predicted molar refractivity (Wildman–Crippen MR) is 98.5 cm³/mol. The van der Waals surface area contributed by atoms with Crippen LogP contribution >= 0.6 is 11.6 Å². The summed E-state index contributed by atoms with van der Waals surface area (Å²) in [4.78, 5) is 0. The van der Waals surface area contributed by atoms with Crippen molar-refractivity contribution in [1.82, 2.24) is 5.32 Å². The summed E-state index contributed by atoms with van der Waals surface area (Å²) >= 11 is 6.08. The molecule has 2 aromatic rings. The number of ether oxygens (including phenoxy) is 2. The largest absolute Gasteiger partial charge is 0.485 e. The first kappa shape index (κ1) is 19.8. The van der Waals surface area contributed by atoms with Gasteiger partial charge >= 0.3 is 6.18 Å². The SMILES string of the molecule is CC(Oc1ccc(Cl)cc1OC1CCCNC1)c1cccc(C(F)(F)F)c1. The fourth-order valence-corrected chi connectivity index (χ4v) is 3.16. The third kappa shape index (κ3) is 5.30. The maximum Gasteiger partial charge on any atom is 0.416 e. The lowest BCUT2D eigenvalue weighted by Gasteiger charge is -2.26. The molecule has 1 aliphatic rings. The van der Waals surface area contributed by atoms with Crippen molar-refractivity contribution in [3.8, 4) is 11.5 Å². The minimum absolute atomic E-state index is 0.00318. The Hall–Kier alpha value is -1.92. The van der Waals surface area contributed by atoms with Crippen LogP contribution in [0.15, 0.2) is 42.5 Å². The zero-order valence-electron chi connectivity index (χ0n) is 14.9. The molecule has 0 radical (unpaired) electrons. The van der Waals surface area contributed by atoms with Gasteiger partial charge in [0.05, 0.1) is 5.56 Å². The van der Waals surface area contributed by atoms with Crippen LogP contribution in [0.3, 0.4) is 0 Å². The van der Waals surface area contributed by atoms with Crippen molar-refractivity contribution in [3.05, 3.63) is 58.6 Å². The summed E-state index contributed by atoms with van der Waals surface area (Å²) in [5.74, 6) is 0.949. The first-order valence-corrected chi connectivity index (χ1v) is 9.21. The van der Waals surface area contributed by atoms with E-state index in [0.29, 0.717) is 22.1 Å². The van der Waals surface area contributed by atoms with E-state index in [1.54, 1.807) is 31.2 Å². The molecular weight excluding hydrogens is 379 g/mol. The summed E-state index contributed by atoms with van der Waals surface area (Å²) < 4.78 is 50.8. The van der Waals surface area contributed by atoms with E-state index in [9.17, 15) is 13.2 Å². The van der Waals surface area contributed by atoms with E-state index >= 15 is 0 Å². The third-order valence-corrected chi connectivity index (χ3v) is 4.67. The molecule has 1 aliphatic heterocycles. The number of benzene rings is 2. The summed E-state index contributed by atoms with van der Waals surface area (Å²) in [7, 11) is 0. The Bertz CT molecular complexity index is 776. The van der Waals surface area contributed by atoms with Crippen LogP contribution in [-0.4, -0.2) is 19.2 Å². The van der Waals surface area contributed by atoms with Crippen LogP contribution in [0.25, 0.3) is 0 Å². The van der Waals surface area contributed by atoms with E-state index in [0.717, 1.165) is 38.1 Å². The van der Waals surface area contributed by atoms with Crippen molar-refractivity contribution >= 4 is 11.6 Å². The van der Waals surface area contributed by atoms with Gasteiger partial charge in [-0.3, -0.25) is 0 Å². The predicted octanol–water partition coefficient (Wildman–Crippen LogP) is 5.63. The van der Waals surface area contributed by atoms with Gasteiger partial charge in [0.15, 0.2) is 11.5 Å². The Kier molecular flexibility index (Phi) is 6.17. The number of halogens is 4. The lowest BCUT2D eigenvalue weighted by atomic mass is 10.1. The maximum absolute atomic E-state index is 12.9. The molecule has 27 heavy (non-hydrogen) atoms. The normalized spacial score (nSPS) is 18.8. The number of hydrogen-bond acceptors (Lipinski definition) is 3. The molecule has 146 valence electrons. The van der Waals surface area contributed by atoms with E-state index in [4.69, 9.17) is 21.1 Å². The lowest BCUT2D eigenvalue weighted by Crippen LogP contribution is -2.37. The smallest absolute Gasteiger partial charge is 0.416 e. The molecule has 2 unspecified atom stereocenters. The van der Waals surface area contributed by atoms with Gasteiger partial charge < -0.3 is 14.8 Å². The average Bonchev–Trinajstić information content (AvgIpc) is 2.64. The first-order chi connectivity index (χ1) is 12.8. The van der Waals surface area contributed by atoms with Crippen LogP contribution in [-0.2, 0) is 6.18 Å². The van der Waals surface area contributed by atoms with E-state index in [1.807, 2.05) is 0 Å². The van der Waals surface area contributed by atoms with E-state index < -0.39 is 17.8 Å². The summed E-state index contributed by atoms with van der Waals surface area (Å²) in [6, 6.07) is 10.2. The minimum atomic E-state index is -4.39. The highest BCUT2D eigenvalue weighted by molar-refractivity contribution is 6.30. The van der Waals surface area contributed by atoms with Crippen LogP contribution in [0, 0.1) is 0 Å². The number of hydrogen-bond donors (Lipinski definition) is 1. The second-order valence-electron chi connectivity index (χ2n) is 6.56. The van der Waals surface area contributed by atoms with Gasteiger partial charge in [-0.05, 0) is 56.1 Å². The molecule has 2 atom stereocenters. The van der Waals surface area contributed by atoms with E-state index in [-0.39, 0.29) is 6.10 Å². The molecule has 0 amide bonds. The van der Waals surface area contributed by atoms with Crippen molar-refractivity contribution in [2.75, 3.05) is 13.1 Å². The summed E-state index contributed by atoms with van der Waals surface area (Å²) in [6.45, 7) is 3.40. The highest BCUT2D eigenvalue weighted by Gasteiger charge is 2.31. The standard InChI is InChI=1S/C20H21ClF3NO2/c1-13(14-4-2-5-15(10-14)20(22,23)24)26-18-8-7-16(21)11-19(18)27-17-6-3-9-25-12-17/h2,4-5,7-8,10-11,13,17,25H,3,6,9,12H2,1H3. The van der Waals surface area contributed by atoms with Gasteiger partial charge in [0, 0.05) is 17.6 Å². The Labute approximate surface area is 161 Å². The molecule has 1 N–H and O–H groups in total. The second kappa shape index (κ2) is 8.40. The van der Waals surface area contributed by atoms with Gasteiger partial charge in [-0.1, -0.05) is 23.7 Å². The Morgan fingerprint density at radius 3 is 2.67 bits per heavy atom.